The summed E-state index contributed by atoms with van der Waals surface area (Å²) in [6.45, 7) is -0.221. The normalized spacial score (nSPS) is 10.4. The van der Waals surface area contributed by atoms with Crippen molar-refractivity contribution in [3.63, 3.8) is 0 Å². The molecule has 0 aliphatic heterocycles. The fourth-order valence-electron chi connectivity index (χ4n) is 3.31. The number of benzene rings is 3. The van der Waals surface area contributed by atoms with Crippen LogP contribution in [0.3, 0.4) is 0 Å². The summed E-state index contributed by atoms with van der Waals surface area (Å²) in [7, 11) is 0. The highest BCUT2D eigenvalue weighted by atomic mass is 19.1. The number of nitrogens with one attached hydrogen (secondary N) is 3. The Morgan fingerprint density at radius 3 is 2.44 bits per heavy atom. The molecule has 36 heavy (non-hydrogen) atoms. The van der Waals surface area contributed by atoms with Gasteiger partial charge in [-0.05, 0) is 54.1 Å². The Kier molecular flexibility index (Phi) is 7.72. The van der Waals surface area contributed by atoms with E-state index in [0.29, 0.717) is 5.69 Å². The van der Waals surface area contributed by atoms with Gasteiger partial charge in [-0.25, -0.2) is 4.39 Å². The van der Waals surface area contributed by atoms with E-state index in [-0.39, 0.29) is 35.2 Å². The van der Waals surface area contributed by atoms with Crippen LogP contribution in [0.2, 0.25) is 0 Å². The molecular weight excluding hydrogens is 465 g/mol. The molecule has 1 heterocycles. The molecule has 1 aromatic heterocycles. The summed E-state index contributed by atoms with van der Waals surface area (Å²) in [6.07, 6.45) is 1.41. The quantitative estimate of drug-likeness (QED) is 0.319. The van der Waals surface area contributed by atoms with Gasteiger partial charge in [-0.15, -0.1) is 0 Å². The molecule has 0 saturated carbocycles. The van der Waals surface area contributed by atoms with Gasteiger partial charge < -0.3 is 25.1 Å². The van der Waals surface area contributed by atoms with Crippen LogP contribution < -0.4 is 20.7 Å². The number of carbonyl (C=O) groups excluding carboxylic acids is 3. The van der Waals surface area contributed by atoms with Gasteiger partial charge in [0.2, 0.25) is 0 Å². The third-order valence-corrected chi connectivity index (χ3v) is 5.02. The van der Waals surface area contributed by atoms with Gasteiger partial charge in [0.15, 0.2) is 12.4 Å². The third-order valence-electron chi connectivity index (χ3n) is 5.02. The maximum absolute atomic E-state index is 13.7. The molecule has 0 aliphatic carbocycles. The molecule has 3 aromatic carbocycles. The summed E-state index contributed by atoms with van der Waals surface area (Å²) in [6, 6.07) is 22.5. The number of furan rings is 1. The van der Waals surface area contributed by atoms with Crippen LogP contribution in [0.15, 0.2) is 95.6 Å². The smallest absolute Gasteiger partial charge is 0.291 e. The number of ether oxygens (including phenoxy) is 1. The molecule has 4 rings (SSSR count). The molecule has 0 fully saturated rings. The summed E-state index contributed by atoms with van der Waals surface area (Å²) < 4.78 is 24.3. The van der Waals surface area contributed by atoms with Crippen molar-refractivity contribution < 1.29 is 27.9 Å². The molecule has 0 atom stereocenters. The molecule has 0 aliphatic rings. The Morgan fingerprint density at radius 1 is 0.833 bits per heavy atom. The monoisotopic (exact) mass is 487 g/mol. The van der Waals surface area contributed by atoms with E-state index in [9.17, 15) is 18.8 Å². The number of hydrogen-bond acceptors (Lipinski definition) is 5. The standard InChI is InChI=1S/C27H22FN3O5/c28-21-10-2-3-11-22(21)31-25(32)17-36-23-12-4-1-9-20(23)26(33)29-16-18-7-5-8-19(15-18)30-27(34)24-13-6-14-35-24/h1-15H,16-17H2,(H,29,33)(H,30,34)(H,31,32). The summed E-state index contributed by atoms with van der Waals surface area (Å²) in [5.74, 6) is -1.53. The van der Waals surface area contributed by atoms with Crippen LogP contribution in [-0.4, -0.2) is 24.3 Å². The minimum absolute atomic E-state index is 0.0414. The van der Waals surface area contributed by atoms with E-state index in [0.717, 1.165) is 5.56 Å². The minimum Gasteiger partial charge on any atom is -0.483 e. The fraction of sp³-hybridized carbons (Fsp3) is 0.0741. The highest BCUT2D eigenvalue weighted by molar-refractivity contribution is 6.02. The molecular formula is C27H22FN3O5. The van der Waals surface area contributed by atoms with E-state index in [4.69, 9.17) is 9.15 Å². The highest BCUT2D eigenvalue weighted by Crippen LogP contribution is 2.19. The van der Waals surface area contributed by atoms with Crippen molar-refractivity contribution in [1.82, 2.24) is 5.32 Å². The van der Waals surface area contributed by atoms with Gasteiger partial charge in [-0.3, -0.25) is 14.4 Å². The lowest BCUT2D eigenvalue weighted by Crippen LogP contribution is -2.25. The van der Waals surface area contributed by atoms with E-state index in [2.05, 4.69) is 16.0 Å². The molecule has 182 valence electrons. The summed E-state index contributed by atoms with van der Waals surface area (Å²) in [4.78, 5) is 37.2. The molecule has 0 saturated heterocycles. The van der Waals surface area contributed by atoms with Crippen molar-refractivity contribution in [3.8, 4) is 5.75 Å². The predicted molar refractivity (Wildman–Crippen MR) is 131 cm³/mol. The molecule has 9 heteroatoms. The largest absolute Gasteiger partial charge is 0.483 e. The second-order valence-electron chi connectivity index (χ2n) is 7.63. The second kappa shape index (κ2) is 11.5. The summed E-state index contributed by atoms with van der Waals surface area (Å²) in [5, 5.41) is 7.96. The summed E-state index contributed by atoms with van der Waals surface area (Å²) >= 11 is 0. The fourth-order valence-corrected chi connectivity index (χ4v) is 3.31. The molecule has 3 amide bonds. The van der Waals surface area contributed by atoms with E-state index in [1.54, 1.807) is 66.7 Å². The molecule has 3 N–H and O–H groups in total. The van der Waals surface area contributed by atoms with Crippen LogP contribution in [0.25, 0.3) is 0 Å². The maximum Gasteiger partial charge on any atom is 0.291 e. The molecule has 0 unspecified atom stereocenters. The first-order valence-electron chi connectivity index (χ1n) is 11.0. The van der Waals surface area contributed by atoms with E-state index in [1.807, 2.05) is 0 Å². The molecule has 0 spiro atoms. The van der Waals surface area contributed by atoms with Crippen molar-refractivity contribution in [2.24, 2.45) is 0 Å². The number of amides is 3. The Bertz CT molecular complexity index is 1370. The number of carbonyl (C=O) groups is 3. The van der Waals surface area contributed by atoms with Crippen molar-refractivity contribution in [1.29, 1.82) is 0 Å². The van der Waals surface area contributed by atoms with Crippen molar-refractivity contribution >= 4 is 29.1 Å². The van der Waals surface area contributed by atoms with Gasteiger partial charge in [0.25, 0.3) is 17.7 Å². The van der Waals surface area contributed by atoms with Crippen LogP contribution in [-0.2, 0) is 11.3 Å². The van der Waals surface area contributed by atoms with E-state index in [1.165, 1.54) is 24.5 Å². The predicted octanol–water partition coefficient (Wildman–Crippen LogP) is 4.62. The first-order chi connectivity index (χ1) is 17.5. The Hall–Kier alpha value is -4.92. The van der Waals surface area contributed by atoms with Crippen LogP contribution in [0.5, 0.6) is 5.75 Å². The molecule has 8 nitrogen and oxygen atoms in total. The van der Waals surface area contributed by atoms with Crippen LogP contribution in [0.4, 0.5) is 15.8 Å². The molecule has 0 bridgehead atoms. The first-order valence-corrected chi connectivity index (χ1v) is 11.0. The average Bonchev–Trinajstić information content (AvgIpc) is 3.43. The first kappa shape index (κ1) is 24.2. The van der Waals surface area contributed by atoms with E-state index >= 15 is 0 Å². The Labute approximate surface area is 206 Å². The van der Waals surface area contributed by atoms with E-state index < -0.39 is 24.2 Å². The lowest BCUT2D eigenvalue weighted by molar-refractivity contribution is -0.118. The number of rotatable bonds is 9. The number of halogens is 1. The number of para-hydroxylation sites is 2. The van der Waals surface area contributed by atoms with Gasteiger partial charge in [-0.1, -0.05) is 36.4 Å². The second-order valence-corrected chi connectivity index (χ2v) is 7.63. The number of hydrogen-bond donors (Lipinski definition) is 3. The maximum atomic E-state index is 13.7. The lowest BCUT2D eigenvalue weighted by Gasteiger charge is -2.12. The van der Waals surface area contributed by atoms with Gasteiger partial charge in [0.05, 0.1) is 17.5 Å². The highest BCUT2D eigenvalue weighted by Gasteiger charge is 2.14. The van der Waals surface area contributed by atoms with Gasteiger partial charge in [-0.2, -0.15) is 0 Å². The summed E-state index contributed by atoms with van der Waals surface area (Å²) in [5.41, 5.74) is 1.58. The lowest BCUT2D eigenvalue weighted by atomic mass is 10.1. The minimum atomic E-state index is -0.566. The van der Waals surface area contributed by atoms with Crippen LogP contribution >= 0.6 is 0 Å². The average molecular weight is 487 g/mol. The zero-order valence-electron chi connectivity index (χ0n) is 19.0. The van der Waals surface area contributed by atoms with Crippen molar-refractivity contribution in [2.75, 3.05) is 17.2 Å². The third kappa shape index (κ3) is 6.35. The Morgan fingerprint density at radius 2 is 1.64 bits per heavy atom. The Balaban J connectivity index is 1.34. The zero-order chi connectivity index (χ0) is 25.3. The molecule has 0 radical (unpaired) electrons. The van der Waals surface area contributed by atoms with Gasteiger partial charge in [0.1, 0.15) is 11.6 Å². The van der Waals surface area contributed by atoms with Gasteiger partial charge in [0, 0.05) is 12.2 Å². The van der Waals surface area contributed by atoms with Crippen LogP contribution in [0, 0.1) is 5.82 Å². The van der Waals surface area contributed by atoms with Gasteiger partial charge >= 0.3 is 0 Å². The number of anilines is 2. The molecule has 4 aromatic rings. The van der Waals surface area contributed by atoms with Crippen molar-refractivity contribution in [3.05, 3.63) is 114 Å². The van der Waals surface area contributed by atoms with Crippen molar-refractivity contribution in [2.45, 2.75) is 6.54 Å². The SMILES string of the molecule is O=C(COc1ccccc1C(=O)NCc1cccc(NC(=O)c2ccco2)c1)Nc1ccccc1F. The zero-order valence-corrected chi connectivity index (χ0v) is 19.0. The van der Waals surface area contributed by atoms with Crippen LogP contribution in [0.1, 0.15) is 26.5 Å². The topological polar surface area (TPSA) is 110 Å².